The van der Waals surface area contributed by atoms with E-state index in [0.29, 0.717) is 18.3 Å². The van der Waals surface area contributed by atoms with Crippen molar-refractivity contribution in [3.8, 4) is 5.75 Å². The Hall–Kier alpha value is -0.458. The molecule has 0 bridgehead atoms. The molecule has 2 atom stereocenters. The number of nitrogens with zero attached hydrogens (tertiary/aromatic N) is 1. The summed E-state index contributed by atoms with van der Waals surface area (Å²) >= 11 is 0. The summed E-state index contributed by atoms with van der Waals surface area (Å²) in [6.45, 7) is 0.605. The third-order valence-electron chi connectivity index (χ3n) is 3.98. The van der Waals surface area contributed by atoms with Crippen molar-refractivity contribution in [3.05, 3.63) is 29.7 Å². The maximum atomic E-state index is 14.1. The molecule has 0 spiro atoms. The molecule has 1 radical (unpaired) electrons. The summed E-state index contributed by atoms with van der Waals surface area (Å²) in [6.07, 6.45) is 0.469. The quantitative estimate of drug-likeness (QED) is 0.501. The zero-order valence-corrected chi connectivity index (χ0v) is 18.5. The Morgan fingerprint density at radius 3 is 2.84 bits per heavy atom. The summed E-state index contributed by atoms with van der Waals surface area (Å²) in [5.74, 6) is -0.592. The van der Waals surface area contributed by atoms with Gasteiger partial charge in [-0.2, -0.15) is 0 Å². The molecule has 0 aromatic heterocycles. The number of benzene rings is 1. The van der Waals surface area contributed by atoms with Crippen molar-refractivity contribution in [2.75, 3.05) is 31.1 Å². The molecule has 135 valence electrons. The maximum absolute atomic E-state index is 14.1. The molecule has 1 aromatic carbocycles. The van der Waals surface area contributed by atoms with Gasteiger partial charge in [-0.3, -0.25) is 4.90 Å². The fourth-order valence-electron chi connectivity index (χ4n) is 2.45. The van der Waals surface area contributed by atoms with E-state index in [1.807, 2.05) is 0 Å². The summed E-state index contributed by atoms with van der Waals surface area (Å²) in [6, 6.07) is 4.66. The molecule has 1 saturated carbocycles. The minimum atomic E-state index is -0.712. The molecule has 1 saturated heterocycles. The largest absolute Gasteiger partial charge is 0.674 e. The van der Waals surface area contributed by atoms with Crippen molar-refractivity contribution in [2.45, 2.75) is 31.1 Å². The minimum Gasteiger partial charge on any atom is -0.674 e. The molecular formula is C16H21AcFN3O4-. The Morgan fingerprint density at radius 1 is 1.48 bits per heavy atom. The molecule has 1 amide bonds. The molecule has 1 heterocycles. The Labute approximate surface area is 181 Å². The van der Waals surface area contributed by atoms with Gasteiger partial charge in [-0.05, 0) is 25.0 Å². The predicted molar refractivity (Wildman–Crippen MR) is 85.7 cm³/mol. The van der Waals surface area contributed by atoms with Crippen LogP contribution in [0.4, 0.5) is 14.9 Å². The van der Waals surface area contributed by atoms with Crippen LogP contribution in [0, 0.1) is 49.9 Å². The number of anilines is 1. The van der Waals surface area contributed by atoms with E-state index in [1.54, 1.807) is 6.07 Å². The second-order valence-corrected chi connectivity index (χ2v) is 6.08. The van der Waals surface area contributed by atoms with Crippen molar-refractivity contribution in [1.82, 2.24) is 5.32 Å². The van der Waals surface area contributed by atoms with E-state index >= 15 is 0 Å². The second-order valence-electron chi connectivity index (χ2n) is 6.08. The first-order valence-corrected chi connectivity index (χ1v) is 8.03. The van der Waals surface area contributed by atoms with E-state index in [9.17, 15) is 14.3 Å². The van der Waals surface area contributed by atoms with Crippen molar-refractivity contribution in [3.63, 3.8) is 0 Å². The Balaban J connectivity index is 0.00000225. The van der Waals surface area contributed by atoms with Gasteiger partial charge in [0.25, 0.3) is 0 Å². The normalized spacial score (nSPS) is 20.8. The minimum absolute atomic E-state index is 0. The molecule has 7 nitrogen and oxygen atoms in total. The van der Waals surface area contributed by atoms with Gasteiger partial charge in [0.05, 0.1) is 12.2 Å². The van der Waals surface area contributed by atoms with Crippen molar-refractivity contribution >= 4 is 11.8 Å². The number of ether oxygens (including phenoxy) is 2. The van der Waals surface area contributed by atoms with E-state index in [2.05, 4.69) is 5.32 Å². The van der Waals surface area contributed by atoms with Crippen LogP contribution in [-0.4, -0.2) is 55.7 Å². The number of cyclic esters (lactones) is 1. The average molecular weight is 565 g/mol. The molecule has 3 rings (SSSR count). The van der Waals surface area contributed by atoms with Crippen molar-refractivity contribution in [1.29, 1.82) is 0 Å². The van der Waals surface area contributed by atoms with E-state index in [-0.39, 0.29) is 69.5 Å². The number of nitrogens with one attached hydrogen (secondary N) is 2. The molecule has 2 aliphatic rings. The van der Waals surface area contributed by atoms with Gasteiger partial charge in [0.2, 0.25) is 0 Å². The number of carbonyl (C=O) groups excluding carboxylic acids is 1. The maximum Gasteiger partial charge on any atom is 0.414 e. The van der Waals surface area contributed by atoms with Crippen LogP contribution < -0.4 is 15.0 Å². The van der Waals surface area contributed by atoms with Crippen LogP contribution in [-0.2, 0) is 4.74 Å². The van der Waals surface area contributed by atoms with Crippen LogP contribution in [0.25, 0.3) is 5.73 Å². The number of hydrogen-bond acceptors (Lipinski definition) is 5. The van der Waals surface area contributed by atoms with E-state index in [1.165, 1.54) is 17.0 Å². The van der Waals surface area contributed by atoms with Crippen LogP contribution in [0.3, 0.4) is 0 Å². The molecule has 1 aliphatic carbocycles. The van der Waals surface area contributed by atoms with Crippen LogP contribution in [0.5, 0.6) is 5.75 Å². The summed E-state index contributed by atoms with van der Waals surface area (Å²) < 4.78 is 24.4. The molecular weight excluding hydrogens is 544 g/mol. The topological polar surface area (TPSA) is 94.8 Å². The number of halogens is 1. The molecule has 1 aromatic rings. The number of aliphatic hydroxyl groups is 1. The van der Waals surface area contributed by atoms with Gasteiger partial charge in [0.1, 0.15) is 18.8 Å². The van der Waals surface area contributed by atoms with Crippen molar-refractivity contribution in [2.24, 2.45) is 0 Å². The first-order chi connectivity index (χ1) is 11.6. The van der Waals surface area contributed by atoms with Gasteiger partial charge in [-0.25, -0.2) is 9.18 Å². The molecule has 1 unspecified atom stereocenters. The zero-order valence-electron chi connectivity index (χ0n) is 13.8. The fourth-order valence-corrected chi connectivity index (χ4v) is 2.45. The number of carbonyl (C=O) groups is 1. The van der Waals surface area contributed by atoms with Gasteiger partial charge in [0.15, 0.2) is 11.6 Å². The monoisotopic (exact) mass is 565 g/mol. The number of hydrogen-bond donors (Lipinski definition) is 2. The Bertz CT molecular complexity index is 603. The van der Waals surface area contributed by atoms with Gasteiger partial charge in [-0.1, -0.05) is 0 Å². The third kappa shape index (κ3) is 5.76. The first kappa shape index (κ1) is 20.8. The molecule has 3 N–H and O–H groups in total. The first-order valence-electron chi connectivity index (χ1n) is 8.03. The van der Waals surface area contributed by atoms with Gasteiger partial charge >= 0.3 is 6.09 Å². The molecule has 1 aliphatic heterocycles. The number of aliphatic hydroxyl groups excluding tert-OH is 1. The molecule has 2 fully saturated rings. The van der Waals surface area contributed by atoms with E-state index in [4.69, 9.17) is 15.2 Å². The number of rotatable bonds is 8. The fraction of sp³-hybridized carbons (Fsp3) is 0.562. The van der Waals surface area contributed by atoms with Gasteiger partial charge < -0.3 is 25.6 Å². The summed E-state index contributed by atoms with van der Waals surface area (Å²) in [5.41, 5.74) is 7.61. The van der Waals surface area contributed by atoms with Gasteiger partial charge in [0, 0.05) is 62.7 Å². The van der Waals surface area contributed by atoms with Crippen LogP contribution in [0.15, 0.2) is 18.2 Å². The summed E-state index contributed by atoms with van der Waals surface area (Å²) in [5, 5.41) is 13.0. The van der Waals surface area contributed by atoms with Crippen LogP contribution in [0.2, 0.25) is 0 Å². The van der Waals surface area contributed by atoms with E-state index < -0.39 is 24.1 Å². The SMILES string of the molecule is [Ac].[NH-]C[C@@H]1CN(c2ccc(OCC(O)CNC3CC3)c(F)c2)C(=O)O1. The molecule has 9 heteroatoms. The summed E-state index contributed by atoms with van der Waals surface area (Å²) in [7, 11) is 0. The van der Waals surface area contributed by atoms with Crippen LogP contribution >= 0.6 is 0 Å². The van der Waals surface area contributed by atoms with Gasteiger partial charge in [-0.15, -0.1) is 6.54 Å². The number of amides is 1. The standard InChI is InChI=1S/C16H21FN3O4.Ac/c17-14-5-11(20-8-13(6-18)24-16(20)22)3-4-15(14)23-9-12(21)7-19-10-1-2-10;/h3-5,10,12-13,18-19,21H,1-2,6-9H2;/q-1;/t12?,13-;/m1./s1. The average Bonchev–Trinajstić information content (AvgIpc) is 3.32. The predicted octanol–water partition coefficient (Wildman–Crippen LogP) is 1.69. The summed E-state index contributed by atoms with van der Waals surface area (Å²) in [4.78, 5) is 13.0. The molecule has 25 heavy (non-hydrogen) atoms. The second kappa shape index (κ2) is 9.47. The van der Waals surface area contributed by atoms with Crippen molar-refractivity contribution < 1.29 is 67.8 Å². The third-order valence-corrected chi connectivity index (χ3v) is 3.98. The van der Waals surface area contributed by atoms with Crippen LogP contribution in [0.1, 0.15) is 12.8 Å². The Kier molecular flexibility index (Phi) is 7.90. The zero-order chi connectivity index (χ0) is 17.1. The smallest absolute Gasteiger partial charge is 0.414 e. The van der Waals surface area contributed by atoms with E-state index in [0.717, 1.165) is 12.8 Å². The Morgan fingerprint density at radius 2 is 2.24 bits per heavy atom.